The molecule has 1 saturated heterocycles. The minimum atomic E-state index is 0.345. The average molecular weight is 309 g/mol. The van der Waals surface area contributed by atoms with Crippen LogP contribution in [0.2, 0.25) is 0 Å². The number of hydrogen-bond donors (Lipinski definition) is 0. The van der Waals surface area contributed by atoms with E-state index in [0.717, 1.165) is 11.8 Å². The van der Waals surface area contributed by atoms with Gasteiger partial charge in [0.2, 0.25) is 0 Å². The lowest BCUT2D eigenvalue weighted by Gasteiger charge is -2.42. The molecule has 0 aromatic heterocycles. The van der Waals surface area contributed by atoms with Crippen LogP contribution < -0.4 is 0 Å². The van der Waals surface area contributed by atoms with Gasteiger partial charge in [0.05, 0.1) is 0 Å². The van der Waals surface area contributed by atoms with E-state index in [4.69, 9.17) is 0 Å². The van der Waals surface area contributed by atoms with E-state index >= 15 is 0 Å². The molecule has 0 bridgehead atoms. The van der Waals surface area contributed by atoms with Crippen LogP contribution in [0, 0.1) is 17.3 Å². The highest BCUT2D eigenvalue weighted by molar-refractivity contribution is 4.84. The zero-order chi connectivity index (χ0) is 16.4. The predicted molar refractivity (Wildman–Crippen MR) is 97.3 cm³/mol. The molecular weight excluding hydrogens is 268 g/mol. The largest absolute Gasteiger partial charge is 0.301 e. The first-order chi connectivity index (χ1) is 10.2. The molecule has 0 radical (unpaired) electrons. The Kier molecular flexibility index (Phi) is 5.99. The first kappa shape index (κ1) is 18.3. The monoisotopic (exact) mass is 308 g/mol. The Labute approximate surface area is 139 Å². The second-order valence-electron chi connectivity index (χ2n) is 9.88. The summed E-state index contributed by atoms with van der Waals surface area (Å²) >= 11 is 0. The van der Waals surface area contributed by atoms with Crippen LogP contribution in [-0.2, 0) is 0 Å². The molecule has 2 heteroatoms. The Morgan fingerprint density at radius 2 is 1.50 bits per heavy atom. The van der Waals surface area contributed by atoms with Gasteiger partial charge in [-0.1, -0.05) is 27.2 Å². The highest BCUT2D eigenvalue weighted by Crippen LogP contribution is 2.43. The van der Waals surface area contributed by atoms with Crippen LogP contribution in [-0.4, -0.2) is 48.1 Å². The van der Waals surface area contributed by atoms with Gasteiger partial charge in [0, 0.05) is 31.7 Å². The summed E-state index contributed by atoms with van der Waals surface area (Å²) in [5.74, 6) is 1.98. The number of rotatable bonds is 4. The fourth-order valence-corrected chi connectivity index (χ4v) is 4.37. The van der Waals surface area contributed by atoms with Gasteiger partial charge in [-0.05, 0) is 70.3 Å². The fourth-order valence-electron chi connectivity index (χ4n) is 4.37. The standard InChI is InChI=1S/C20H40N2/c1-19(2,3)18-10-9-17(16-18)8-7-11-21-12-14-22(15-13-21)20(4,5)6/h17-18H,7-16H2,1-6H3. The second-order valence-corrected chi connectivity index (χ2v) is 9.88. The first-order valence-electron chi connectivity index (χ1n) is 9.63. The molecule has 0 aromatic carbocycles. The molecule has 2 aliphatic rings. The summed E-state index contributed by atoms with van der Waals surface area (Å²) in [6, 6.07) is 0. The lowest BCUT2D eigenvalue weighted by molar-refractivity contribution is 0.0611. The summed E-state index contributed by atoms with van der Waals surface area (Å²) in [6.07, 6.45) is 7.32. The van der Waals surface area contributed by atoms with Crippen LogP contribution in [0.1, 0.15) is 73.6 Å². The third-order valence-corrected chi connectivity index (χ3v) is 6.17. The highest BCUT2D eigenvalue weighted by Gasteiger charge is 2.32. The summed E-state index contributed by atoms with van der Waals surface area (Å²) < 4.78 is 0. The molecule has 1 aliphatic carbocycles. The predicted octanol–water partition coefficient (Wildman–Crippen LogP) is 4.65. The highest BCUT2D eigenvalue weighted by atomic mass is 15.3. The Bertz CT molecular complexity index is 329. The van der Waals surface area contributed by atoms with Gasteiger partial charge < -0.3 is 4.90 Å². The number of nitrogens with zero attached hydrogens (tertiary/aromatic N) is 2. The van der Waals surface area contributed by atoms with Crippen LogP contribution in [0.3, 0.4) is 0 Å². The lowest BCUT2D eigenvalue weighted by Crippen LogP contribution is -2.53. The van der Waals surface area contributed by atoms with Crippen molar-refractivity contribution >= 4 is 0 Å². The third kappa shape index (κ3) is 5.23. The van der Waals surface area contributed by atoms with Gasteiger partial charge in [0.15, 0.2) is 0 Å². The molecule has 130 valence electrons. The van der Waals surface area contributed by atoms with Crippen molar-refractivity contribution in [1.82, 2.24) is 9.80 Å². The Hall–Kier alpha value is -0.0800. The van der Waals surface area contributed by atoms with Crippen LogP contribution >= 0.6 is 0 Å². The van der Waals surface area contributed by atoms with Crippen molar-refractivity contribution in [2.24, 2.45) is 17.3 Å². The Balaban J connectivity index is 1.61. The summed E-state index contributed by atoms with van der Waals surface area (Å²) in [5.41, 5.74) is 0.871. The molecule has 0 spiro atoms. The van der Waals surface area contributed by atoms with Gasteiger partial charge in [-0.3, -0.25) is 4.90 Å². The third-order valence-electron chi connectivity index (χ3n) is 6.17. The van der Waals surface area contributed by atoms with E-state index in [1.165, 1.54) is 64.8 Å². The smallest absolute Gasteiger partial charge is 0.0126 e. The van der Waals surface area contributed by atoms with Crippen molar-refractivity contribution in [2.45, 2.75) is 79.2 Å². The molecule has 22 heavy (non-hydrogen) atoms. The molecule has 0 amide bonds. The molecule has 2 fully saturated rings. The van der Waals surface area contributed by atoms with Crippen LogP contribution in [0.5, 0.6) is 0 Å². The van der Waals surface area contributed by atoms with Crippen molar-refractivity contribution in [3.63, 3.8) is 0 Å². The Morgan fingerprint density at radius 1 is 0.864 bits per heavy atom. The van der Waals surface area contributed by atoms with Gasteiger partial charge >= 0.3 is 0 Å². The zero-order valence-corrected chi connectivity index (χ0v) is 16.1. The minimum Gasteiger partial charge on any atom is -0.301 e. The van der Waals surface area contributed by atoms with Gasteiger partial charge in [-0.15, -0.1) is 0 Å². The average Bonchev–Trinajstić information content (AvgIpc) is 2.87. The van der Waals surface area contributed by atoms with E-state index in [1.807, 2.05) is 0 Å². The van der Waals surface area contributed by atoms with Crippen molar-refractivity contribution < 1.29 is 0 Å². The molecule has 1 saturated carbocycles. The Morgan fingerprint density at radius 3 is 2.00 bits per heavy atom. The van der Waals surface area contributed by atoms with E-state index in [-0.39, 0.29) is 0 Å². The van der Waals surface area contributed by atoms with Gasteiger partial charge in [0.25, 0.3) is 0 Å². The number of piperazine rings is 1. The first-order valence-corrected chi connectivity index (χ1v) is 9.63. The summed E-state index contributed by atoms with van der Waals surface area (Å²) in [4.78, 5) is 5.33. The maximum Gasteiger partial charge on any atom is 0.0126 e. The van der Waals surface area contributed by atoms with E-state index in [2.05, 4.69) is 51.3 Å². The van der Waals surface area contributed by atoms with Crippen molar-refractivity contribution in [3.8, 4) is 0 Å². The maximum atomic E-state index is 2.69. The quantitative estimate of drug-likeness (QED) is 0.746. The van der Waals surface area contributed by atoms with Crippen molar-refractivity contribution in [3.05, 3.63) is 0 Å². The van der Waals surface area contributed by atoms with E-state index in [1.54, 1.807) is 0 Å². The van der Waals surface area contributed by atoms with E-state index in [0.29, 0.717) is 11.0 Å². The molecule has 0 N–H and O–H groups in total. The molecule has 1 aliphatic heterocycles. The molecule has 2 nitrogen and oxygen atoms in total. The van der Waals surface area contributed by atoms with Crippen LogP contribution in [0.15, 0.2) is 0 Å². The van der Waals surface area contributed by atoms with E-state index in [9.17, 15) is 0 Å². The van der Waals surface area contributed by atoms with Gasteiger partial charge in [-0.2, -0.15) is 0 Å². The van der Waals surface area contributed by atoms with Crippen molar-refractivity contribution in [2.75, 3.05) is 32.7 Å². The van der Waals surface area contributed by atoms with Gasteiger partial charge in [-0.25, -0.2) is 0 Å². The molecule has 2 rings (SSSR count). The summed E-state index contributed by atoms with van der Waals surface area (Å²) in [6.45, 7) is 20.7. The number of hydrogen-bond acceptors (Lipinski definition) is 2. The molecule has 2 atom stereocenters. The maximum absolute atomic E-state index is 2.69. The minimum absolute atomic E-state index is 0.345. The SMILES string of the molecule is CC(C)(C)C1CCC(CCCN2CCN(C(C)(C)C)CC2)C1. The molecular formula is C20H40N2. The second kappa shape index (κ2) is 7.21. The molecule has 0 aromatic rings. The molecule has 2 unspecified atom stereocenters. The molecule has 1 heterocycles. The van der Waals surface area contributed by atoms with Crippen LogP contribution in [0.4, 0.5) is 0 Å². The normalized spacial score (nSPS) is 29.2. The van der Waals surface area contributed by atoms with Crippen molar-refractivity contribution in [1.29, 1.82) is 0 Å². The topological polar surface area (TPSA) is 6.48 Å². The summed E-state index contributed by atoms with van der Waals surface area (Å²) in [5, 5.41) is 0. The van der Waals surface area contributed by atoms with E-state index < -0.39 is 0 Å². The zero-order valence-electron chi connectivity index (χ0n) is 16.1. The van der Waals surface area contributed by atoms with Crippen LogP contribution in [0.25, 0.3) is 0 Å². The fraction of sp³-hybridized carbons (Fsp3) is 1.00. The van der Waals surface area contributed by atoms with Gasteiger partial charge in [0.1, 0.15) is 0 Å². The lowest BCUT2D eigenvalue weighted by atomic mass is 9.79. The summed E-state index contributed by atoms with van der Waals surface area (Å²) in [7, 11) is 0.